The zero-order chi connectivity index (χ0) is 15.4. The van der Waals surface area contributed by atoms with Gasteiger partial charge in [0.25, 0.3) is 0 Å². The Balaban J connectivity index is 2.06. The summed E-state index contributed by atoms with van der Waals surface area (Å²) < 4.78 is 13.2. The summed E-state index contributed by atoms with van der Waals surface area (Å²) >= 11 is 0. The predicted molar refractivity (Wildman–Crippen MR) is 80.9 cm³/mol. The molecule has 2 aromatic rings. The molecule has 0 fully saturated rings. The Bertz CT molecular complexity index is 651. The standard InChI is InChI=1S/C16H17FN2O2/c1-10-5-14(3-4-16(10)19-11(2)20)18-9-12-6-13(17)8-15(21)7-12/h3-8,18,21H,9H2,1-2H3,(H,19,20). The van der Waals surface area contributed by atoms with Crippen LogP contribution in [-0.2, 0) is 11.3 Å². The number of benzene rings is 2. The highest BCUT2D eigenvalue weighted by molar-refractivity contribution is 5.89. The van der Waals surface area contributed by atoms with E-state index in [1.54, 1.807) is 0 Å². The van der Waals surface area contributed by atoms with Gasteiger partial charge in [0.2, 0.25) is 5.91 Å². The maximum absolute atomic E-state index is 13.2. The second kappa shape index (κ2) is 6.26. The molecule has 0 saturated carbocycles. The van der Waals surface area contributed by atoms with Crippen molar-refractivity contribution >= 4 is 17.3 Å². The van der Waals surface area contributed by atoms with Crippen molar-refractivity contribution in [3.05, 3.63) is 53.3 Å². The molecule has 0 bridgehead atoms. The fourth-order valence-electron chi connectivity index (χ4n) is 2.04. The lowest BCUT2D eigenvalue weighted by atomic mass is 10.1. The SMILES string of the molecule is CC(=O)Nc1ccc(NCc2cc(O)cc(F)c2)cc1C. The Labute approximate surface area is 122 Å². The highest BCUT2D eigenvalue weighted by Gasteiger charge is 2.03. The number of amides is 1. The topological polar surface area (TPSA) is 61.4 Å². The van der Waals surface area contributed by atoms with E-state index in [1.165, 1.54) is 19.1 Å². The van der Waals surface area contributed by atoms with Crippen LogP contribution >= 0.6 is 0 Å². The Morgan fingerprint density at radius 3 is 2.62 bits per heavy atom. The van der Waals surface area contributed by atoms with Crippen LogP contribution in [0.4, 0.5) is 15.8 Å². The van der Waals surface area contributed by atoms with Crippen molar-refractivity contribution in [1.29, 1.82) is 0 Å². The minimum absolute atomic E-state index is 0.0935. The molecular formula is C16H17FN2O2. The number of phenols is 1. The smallest absolute Gasteiger partial charge is 0.221 e. The van der Waals surface area contributed by atoms with Gasteiger partial charge in [0.1, 0.15) is 11.6 Å². The number of aryl methyl sites for hydroxylation is 1. The summed E-state index contributed by atoms with van der Waals surface area (Å²) in [6.07, 6.45) is 0. The van der Waals surface area contributed by atoms with Gasteiger partial charge in [-0.05, 0) is 48.4 Å². The normalized spacial score (nSPS) is 10.2. The van der Waals surface area contributed by atoms with Gasteiger partial charge >= 0.3 is 0 Å². The lowest BCUT2D eigenvalue weighted by Crippen LogP contribution is -2.07. The lowest BCUT2D eigenvalue weighted by molar-refractivity contribution is -0.114. The zero-order valence-electron chi connectivity index (χ0n) is 11.9. The van der Waals surface area contributed by atoms with E-state index in [1.807, 2.05) is 25.1 Å². The van der Waals surface area contributed by atoms with Gasteiger partial charge < -0.3 is 15.7 Å². The highest BCUT2D eigenvalue weighted by Crippen LogP contribution is 2.21. The molecule has 0 aliphatic heterocycles. The molecule has 3 N–H and O–H groups in total. The fourth-order valence-corrected chi connectivity index (χ4v) is 2.04. The first-order chi connectivity index (χ1) is 9.94. The number of anilines is 2. The van der Waals surface area contributed by atoms with Crippen LogP contribution in [0.15, 0.2) is 36.4 Å². The van der Waals surface area contributed by atoms with E-state index < -0.39 is 5.82 Å². The first-order valence-corrected chi connectivity index (χ1v) is 6.54. The van der Waals surface area contributed by atoms with E-state index in [-0.39, 0.29) is 11.7 Å². The van der Waals surface area contributed by atoms with Crippen molar-refractivity contribution in [3.8, 4) is 5.75 Å². The van der Waals surface area contributed by atoms with Crippen molar-refractivity contribution in [1.82, 2.24) is 0 Å². The number of aromatic hydroxyl groups is 1. The second-order valence-corrected chi connectivity index (χ2v) is 4.88. The van der Waals surface area contributed by atoms with Crippen LogP contribution in [0.25, 0.3) is 0 Å². The van der Waals surface area contributed by atoms with Crippen LogP contribution in [-0.4, -0.2) is 11.0 Å². The molecule has 0 spiro atoms. The monoisotopic (exact) mass is 288 g/mol. The molecule has 0 aliphatic rings. The molecule has 110 valence electrons. The number of carbonyl (C=O) groups excluding carboxylic acids is 1. The molecule has 0 atom stereocenters. The molecule has 0 radical (unpaired) electrons. The summed E-state index contributed by atoms with van der Waals surface area (Å²) in [5, 5.41) is 15.2. The van der Waals surface area contributed by atoms with E-state index in [0.717, 1.165) is 23.0 Å². The molecular weight excluding hydrogens is 271 g/mol. The maximum Gasteiger partial charge on any atom is 0.221 e. The van der Waals surface area contributed by atoms with E-state index in [0.29, 0.717) is 12.1 Å². The van der Waals surface area contributed by atoms with Gasteiger partial charge in [-0.2, -0.15) is 0 Å². The maximum atomic E-state index is 13.2. The van der Waals surface area contributed by atoms with Crippen molar-refractivity contribution in [2.24, 2.45) is 0 Å². The molecule has 4 nitrogen and oxygen atoms in total. The van der Waals surface area contributed by atoms with Gasteiger partial charge in [0, 0.05) is 30.9 Å². The van der Waals surface area contributed by atoms with Crippen LogP contribution in [0.1, 0.15) is 18.1 Å². The first kappa shape index (κ1) is 14.8. The molecule has 0 aromatic heterocycles. The molecule has 21 heavy (non-hydrogen) atoms. The summed E-state index contributed by atoms with van der Waals surface area (Å²) in [6.45, 7) is 3.75. The number of carbonyl (C=O) groups is 1. The molecule has 5 heteroatoms. The number of hydrogen-bond donors (Lipinski definition) is 3. The molecule has 2 rings (SSSR count). The number of rotatable bonds is 4. The average molecular weight is 288 g/mol. The average Bonchev–Trinajstić information content (AvgIpc) is 2.38. The number of phenolic OH excluding ortho intramolecular Hbond substituents is 1. The van der Waals surface area contributed by atoms with Gasteiger partial charge in [0.05, 0.1) is 0 Å². The van der Waals surface area contributed by atoms with Gasteiger partial charge in [0.15, 0.2) is 0 Å². The van der Waals surface area contributed by atoms with Gasteiger partial charge in [-0.3, -0.25) is 4.79 Å². The number of hydrogen-bond acceptors (Lipinski definition) is 3. The zero-order valence-corrected chi connectivity index (χ0v) is 11.9. The third-order valence-electron chi connectivity index (χ3n) is 2.98. The van der Waals surface area contributed by atoms with Crippen molar-refractivity contribution in [2.45, 2.75) is 20.4 Å². The molecule has 0 aliphatic carbocycles. The van der Waals surface area contributed by atoms with Gasteiger partial charge in [-0.15, -0.1) is 0 Å². The third kappa shape index (κ3) is 4.21. The Morgan fingerprint density at radius 1 is 1.24 bits per heavy atom. The van der Waals surface area contributed by atoms with Crippen LogP contribution in [0.2, 0.25) is 0 Å². The summed E-state index contributed by atoms with van der Waals surface area (Å²) in [5.74, 6) is -0.679. The Morgan fingerprint density at radius 2 is 2.00 bits per heavy atom. The second-order valence-electron chi connectivity index (χ2n) is 4.88. The van der Waals surface area contributed by atoms with Crippen LogP contribution in [0.5, 0.6) is 5.75 Å². The van der Waals surface area contributed by atoms with Crippen LogP contribution in [0.3, 0.4) is 0 Å². The summed E-state index contributed by atoms with van der Waals surface area (Å²) in [4.78, 5) is 11.0. The minimum atomic E-state index is -0.469. The number of halogens is 1. The largest absolute Gasteiger partial charge is 0.508 e. The highest BCUT2D eigenvalue weighted by atomic mass is 19.1. The van der Waals surface area contributed by atoms with E-state index in [4.69, 9.17) is 0 Å². The Hall–Kier alpha value is -2.56. The third-order valence-corrected chi connectivity index (χ3v) is 2.98. The summed E-state index contributed by atoms with van der Waals surface area (Å²) in [6, 6.07) is 9.47. The van der Waals surface area contributed by atoms with Crippen LogP contribution < -0.4 is 10.6 Å². The van der Waals surface area contributed by atoms with E-state index >= 15 is 0 Å². The minimum Gasteiger partial charge on any atom is -0.508 e. The number of nitrogens with one attached hydrogen (secondary N) is 2. The quantitative estimate of drug-likeness (QED) is 0.808. The van der Waals surface area contributed by atoms with Crippen molar-refractivity contribution < 1.29 is 14.3 Å². The first-order valence-electron chi connectivity index (χ1n) is 6.54. The van der Waals surface area contributed by atoms with E-state index in [9.17, 15) is 14.3 Å². The summed E-state index contributed by atoms with van der Waals surface area (Å²) in [5.41, 5.74) is 3.19. The molecule has 0 heterocycles. The van der Waals surface area contributed by atoms with Gasteiger partial charge in [-0.1, -0.05) is 0 Å². The van der Waals surface area contributed by atoms with Crippen molar-refractivity contribution in [3.63, 3.8) is 0 Å². The Kier molecular flexibility index (Phi) is 4.42. The lowest BCUT2D eigenvalue weighted by Gasteiger charge is -2.11. The van der Waals surface area contributed by atoms with Crippen LogP contribution in [0, 0.1) is 12.7 Å². The molecule has 2 aromatic carbocycles. The summed E-state index contributed by atoms with van der Waals surface area (Å²) in [7, 11) is 0. The van der Waals surface area contributed by atoms with Gasteiger partial charge in [-0.25, -0.2) is 4.39 Å². The predicted octanol–water partition coefficient (Wildman–Crippen LogP) is 3.41. The van der Waals surface area contributed by atoms with E-state index in [2.05, 4.69) is 10.6 Å². The van der Waals surface area contributed by atoms with Crippen molar-refractivity contribution in [2.75, 3.05) is 10.6 Å². The fraction of sp³-hybridized carbons (Fsp3) is 0.188. The molecule has 0 saturated heterocycles. The molecule has 1 amide bonds. The molecule has 0 unspecified atom stereocenters.